The molecule has 2 rings (SSSR count). The predicted molar refractivity (Wildman–Crippen MR) is 82.4 cm³/mol. The van der Waals surface area contributed by atoms with Gasteiger partial charge in [-0.25, -0.2) is 0 Å². The molecule has 1 aromatic carbocycles. The number of nitro groups is 1. The molecule has 0 heterocycles. The Balaban J connectivity index is 2.10. The molecule has 1 aromatic rings. The van der Waals surface area contributed by atoms with Crippen LogP contribution >= 0.6 is 0 Å². The number of likely N-dealkylation sites (N-methyl/N-ethyl adjacent to an activating group) is 1. The molecule has 1 saturated carbocycles. The summed E-state index contributed by atoms with van der Waals surface area (Å²) in [5.74, 6) is 0. The van der Waals surface area contributed by atoms with Gasteiger partial charge in [0, 0.05) is 38.0 Å². The van der Waals surface area contributed by atoms with Gasteiger partial charge in [-0.05, 0) is 31.5 Å². The number of rotatable bonds is 6. The zero-order valence-electron chi connectivity index (χ0n) is 12.6. The Morgan fingerprint density at radius 3 is 2.67 bits per heavy atom. The minimum Gasteiger partial charge on any atom is -0.389 e. The van der Waals surface area contributed by atoms with Gasteiger partial charge in [-0.1, -0.05) is 12.8 Å². The zero-order chi connectivity index (χ0) is 15.5. The molecule has 6 nitrogen and oxygen atoms in total. The van der Waals surface area contributed by atoms with Crippen molar-refractivity contribution in [1.82, 2.24) is 4.90 Å². The van der Waals surface area contributed by atoms with E-state index in [2.05, 4.69) is 5.32 Å². The van der Waals surface area contributed by atoms with Crippen LogP contribution in [-0.2, 0) is 6.54 Å². The number of benzene rings is 1. The average molecular weight is 293 g/mol. The van der Waals surface area contributed by atoms with Gasteiger partial charge in [0.05, 0.1) is 10.5 Å². The third-order valence-corrected chi connectivity index (χ3v) is 4.11. The van der Waals surface area contributed by atoms with Crippen molar-refractivity contribution in [1.29, 1.82) is 0 Å². The lowest BCUT2D eigenvalue weighted by Gasteiger charge is -2.29. The Labute approximate surface area is 124 Å². The first-order chi connectivity index (χ1) is 9.93. The standard InChI is InChI=1S/C15H23N3O3/c1-16-14-6-5-13(18(20)21)9-12(14)10-17(2)11-15(19)7-3-4-8-15/h5-6,9,16,19H,3-4,7-8,10-11H2,1-2H3. The summed E-state index contributed by atoms with van der Waals surface area (Å²) in [5.41, 5.74) is 1.24. The van der Waals surface area contributed by atoms with Crippen LogP contribution in [0, 0.1) is 10.1 Å². The molecule has 0 atom stereocenters. The van der Waals surface area contributed by atoms with E-state index < -0.39 is 5.60 Å². The lowest BCUT2D eigenvalue weighted by atomic mass is 10.0. The van der Waals surface area contributed by atoms with E-state index in [0.717, 1.165) is 36.9 Å². The van der Waals surface area contributed by atoms with Crippen LogP contribution in [0.2, 0.25) is 0 Å². The highest BCUT2D eigenvalue weighted by Crippen LogP contribution is 2.31. The number of hydrogen-bond donors (Lipinski definition) is 2. The van der Waals surface area contributed by atoms with Crippen LogP contribution in [0.3, 0.4) is 0 Å². The van der Waals surface area contributed by atoms with E-state index in [1.165, 1.54) is 6.07 Å². The van der Waals surface area contributed by atoms with E-state index >= 15 is 0 Å². The van der Waals surface area contributed by atoms with Crippen LogP contribution in [0.25, 0.3) is 0 Å². The maximum absolute atomic E-state index is 10.9. The largest absolute Gasteiger partial charge is 0.389 e. The average Bonchev–Trinajstić information content (AvgIpc) is 2.84. The van der Waals surface area contributed by atoms with E-state index in [4.69, 9.17) is 0 Å². The molecule has 0 saturated heterocycles. The Bertz CT molecular complexity index is 513. The van der Waals surface area contributed by atoms with Gasteiger partial charge in [0.15, 0.2) is 0 Å². The summed E-state index contributed by atoms with van der Waals surface area (Å²) in [6.45, 7) is 1.17. The van der Waals surface area contributed by atoms with Crippen molar-refractivity contribution in [3.8, 4) is 0 Å². The van der Waals surface area contributed by atoms with Gasteiger partial charge in [0.25, 0.3) is 5.69 Å². The third kappa shape index (κ3) is 3.92. The molecule has 0 spiro atoms. The number of hydrogen-bond acceptors (Lipinski definition) is 5. The Kier molecular flexibility index (Phi) is 4.80. The van der Waals surface area contributed by atoms with Gasteiger partial charge >= 0.3 is 0 Å². The first-order valence-corrected chi connectivity index (χ1v) is 7.29. The molecule has 0 aliphatic heterocycles. The fourth-order valence-electron chi connectivity index (χ4n) is 3.11. The van der Waals surface area contributed by atoms with E-state index in [1.807, 2.05) is 11.9 Å². The lowest BCUT2D eigenvalue weighted by Crippen LogP contribution is -2.38. The molecule has 0 bridgehead atoms. The highest BCUT2D eigenvalue weighted by atomic mass is 16.6. The van der Waals surface area contributed by atoms with Crippen molar-refractivity contribution in [2.45, 2.75) is 37.8 Å². The van der Waals surface area contributed by atoms with Crippen LogP contribution in [0.5, 0.6) is 0 Å². The van der Waals surface area contributed by atoms with E-state index in [0.29, 0.717) is 13.1 Å². The minimum atomic E-state index is -0.602. The molecule has 1 aliphatic rings. The predicted octanol–water partition coefficient (Wildman–Crippen LogP) is 2.37. The Morgan fingerprint density at radius 1 is 1.43 bits per heavy atom. The van der Waals surface area contributed by atoms with Crippen LogP contribution in [0.4, 0.5) is 11.4 Å². The van der Waals surface area contributed by atoms with Gasteiger partial charge in [-0.15, -0.1) is 0 Å². The van der Waals surface area contributed by atoms with Gasteiger partial charge in [-0.3, -0.25) is 15.0 Å². The highest BCUT2D eigenvalue weighted by molar-refractivity contribution is 5.55. The first-order valence-electron chi connectivity index (χ1n) is 7.29. The maximum Gasteiger partial charge on any atom is 0.269 e. The van der Waals surface area contributed by atoms with Crippen molar-refractivity contribution in [2.24, 2.45) is 0 Å². The Morgan fingerprint density at radius 2 is 2.10 bits per heavy atom. The zero-order valence-corrected chi connectivity index (χ0v) is 12.6. The monoisotopic (exact) mass is 293 g/mol. The smallest absolute Gasteiger partial charge is 0.269 e. The molecule has 6 heteroatoms. The molecule has 116 valence electrons. The lowest BCUT2D eigenvalue weighted by molar-refractivity contribution is -0.384. The molecular weight excluding hydrogens is 270 g/mol. The topological polar surface area (TPSA) is 78.6 Å². The quantitative estimate of drug-likeness (QED) is 0.622. The number of non-ortho nitro benzene ring substituents is 1. The number of anilines is 1. The van der Waals surface area contributed by atoms with Crippen molar-refractivity contribution in [2.75, 3.05) is 26.0 Å². The van der Waals surface area contributed by atoms with Crippen LogP contribution in [0.15, 0.2) is 18.2 Å². The van der Waals surface area contributed by atoms with Crippen LogP contribution in [0.1, 0.15) is 31.2 Å². The Hall–Kier alpha value is -1.66. The van der Waals surface area contributed by atoms with E-state index in [1.54, 1.807) is 19.2 Å². The number of nitrogens with one attached hydrogen (secondary N) is 1. The molecule has 0 amide bonds. The summed E-state index contributed by atoms with van der Waals surface area (Å²) in [7, 11) is 3.74. The van der Waals surface area contributed by atoms with Crippen LogP contribution in [-0.4, -0.2) is 41.2 Å². The first kappa shape index (κ1) is 15.7. The van der Waals surface area contributed by atoms with Crippen molar-refractivity contribution < 1.29 is 10.0 Å². The second-order valence-electron chi connectivity index (χ2n) is 5.95. The van der Waals surface area contributed by atoms with Gasteiger partial charge in [0.1, 0.15) is 0 Å². The second kappa shape index (κ2) is 6.41. The molecule has 1 aliphatic carbocycles. The number of nitro benzene ring substituents is 1. The fraction of sp³-hybridized carbons (Fsp3) is 0.600. The summed E-state index contributed by atoms with van der Waals surface area (Å²) in [6.07, 6.45) is 3.82. The minimum absolute atomic E-state index is 0.0944. The number of aliphatic hydroxyl groups is 1. The molecule has 2 N–H and O–H groups in total. The molecular formula is C15H23N3O3. The van der Waals surface area contributed by atoms with Crippen molar-refractivity contribution in [3.63, 3.8) is 0 Å². The van der Waals surface area contributed by atoms with Crippen molar-refractivity contribution in [3.05, 3.63) is 33.9 Å². The molecule has 0 unspecified atom stereocenters. The number of nitrogens with zero attached hydrogens (tertiary/aromatic N) is 2. The molecule has 0 radical (unpaired) electrons. The van der Waals surface area contributed by atoms with Gasteiger partial charge in [0.2, 0.25) is 0 Å². The SMILES string of the molecule is CNc1ccc([N+](=O)[O-])cc1CN(C)CC1(O)CCCC1. The van der Waals surface area contributed by atoms with E-state index in [-0.39, 0.29) is 10.6 Å². The summed E-state index contributed by atoms with van der Waals surface area (Å²) >= 11 is 0. The maximum atomic E-state index is 10.9. The van der Waals surface area contributed by atoms with Crippen molar-refractivity contribution >= 4 is 11.4 Å². The molecule has 1 fully saturated rings. The van der Waals surface area contributed by atoms with Gasteiger partial charge < -0.3 is 10.4 Å². The highest BCUT2D eigenvalue weighted by Gasteiger charge is 2.32. The third-order valence-electron chi connectivity index (χ3n) is 4.11. The van der Waals surface area contributed by atoms with Crippen LogP contribution < -0.4 is 5.32 Å². The fourth-order valence-corrected chi connectivity index (χ4v) is 3.11. The molecule has 0 aromatic heterocycles. The summed E-state index contributed by atoms with van der Waals surface area (Å²) < 4.78 is 0. The molecule has 21 heavy (non-hydrogen) atoms. The van der Waals surface area contributed by atoms with Gasteiger partial charge in [-0.2, -0.15) is 0 Å². The summed E-state index contributed by atoms with van der Waals surface area (Å²) in [6, 6.07) is 4.83. The summed E-state index contributed by atoms with van der Waals surface area (Å²) in [5, 5.41) is 24.4. The van der Waals surface area contributed by atoms with E-state index in [9.17, 15) is 15.2 Å². The second-order valence-corrected chi connectivity index (χ2v) is 5.95. The normalized spacial score (nSPS) is 17.1. The summed E-state index contributed by atoms with van der Waals surface area (Å²) in [4.78, 5) is 12.6.